The molecule has 0 aliphatic carbocycles. The molecule has 21 heavy (non-hydrogen) atoms. The Balaban J connectivity index is 2.40. The van der Waals surface area contributed by atoms with Gasteiger partial charge in [-0.1, -0.05) is 6.07 Å². The monoisotopic (exact) mass is 314 g/mol. The van der Waals surface area contributed by atoms with Crippen LogP contribution >= 0.6 is 11.6 Å². The molecule has 0 saturated heterocycles. The zero-order valence-electron chi connectivity index (χ0n) is 10.6. The Hall–Kier alpha value is -2.55. The first-order chi connectivity index (χ1) is 10.0. The van der Waals surface area contributed by atoms with Crippen molar-refractivity contribution in [3.63, 3.8) is 0 Å². The molecule has 0 spiro atoms. The van der Waals surface area contributed by atoms with Gasteiger partial charge in [0.2, 0.25) is 11.0 Å². The molecule has 0 unspecified atom stereocenters. The number of rotatable bonds is 5. The first-order valence-corrected chi connectivity index (χ1v) is 6.04. The van der Waals surface area contributed by atoms with Crippen molar-refractivity contribution in [1.82, 2.24) is 15.0 Å². The average molecular weight is 315 g/mol. The highest BCUT2D eigenvalue weighted by atomic mass is 35.5. The minimum absolute atomic E-state index is 0.133. The summed E-state index contributed by atoms with van der Waals surface area (Å²) in [6.45, 7) is 1.96. The standard InChI is InChI=1S/C11H8ClFN4O4/c1-2-20-10-14-9(12)15-11(16-10)21-8-6(13)4-3-5-7(8)17(18)19/h3-5H,2H2,1H3. The summed E-state index contributed by atoms with van der Waals surface area (Å²) in [4.78, 5) is 21.1. The largest absolute Gasteiger partial charge is 0.464 e. The number of benzene rings is 1. The molecule has 0 amide bonds. The Bertz CT molecular complexity index is 685. The van der Waals surface area contributed by atoms with Crippen LogP contribution in [-0.2, 0) is 0 Å². The van der Waals surface area contributed by atoms with Gasteiger partial charge in [-0.15, -0.1) is 4.98 Å². The van der Waals surface area contributed by atoms with Crippen molar-refractivity contribution in [3.8, 4) is 17.8 Å². The van der Waals surface area contributed by atoms with Crippen LogP contribution in [0.4, 0.5) is 10.1 Å². The number of hydrogen-bond donors (Lipinski definition) is 0. The van der Waals surface area contributed by atoms with Gasteiger partial charge in [0.25, 0.3) is 0 Å². The van der Waals surface area contributed by atoms with Gasteiger partial charge in [0, 0.05) is 6.07 Å². The minimum Gasteiger partial charge on any atom is -0.464 e. The predicted molar refractivity (Wildman–Crippen MR) is 69.1 cm³/mol. The van der Waals surface area contributed by atoms with Gasteiger partial charge < -0.3 is 9.47 Å². The number of ether oxygens (including phenoxy) is 2. The van der Waals surface area contributed by atoms with E-state index in [2.05, 4.69) is 15.0 Å². The summed E-state index contributed by atoms with van der Waals surface area (Å²) in [7, 11) is 0. The molecule has 2 aromatic rings. The van der Waals surface area contributed by atoms with Gasteiger partial charge >= 0.3 is 17.7 Å². The minimum atomic E-state index is -0.932. The van der Waals surface area contributed by atoms with E-state index in [1.165, 1.54) is 6.07 Å². The number of halogens is 2. The molecule has 2 rings (SSSR count). The smallest absolute Gasteiger partial charge is 0.329 e. The Morgan fingerprint density at radius 3 is 2.71 bits per heavy atom. The molecular formula is C11H8ClFN4O4. The normalized spacial score (nSPS) is 10.2. The molecule has 1 aromatic heterocycles. The number of nitrogens with zero attached hydrogens (tertiary/aromatic N) is 4. The van der Waals surface area contributed by atoms with Crippen LogP contribution in [0.25, 0.3) is 0 Å². The zero-order valence-corrected chi connectivity index (χ0v) is 11.4. The van der Waals surface area contributed by atoms with Crippen LogP contribution < -0.4 is 9.47 Å². The lowest BCUT2D eigenvalue weighted by Crippen LogP contribution is -2.03. The molecule has 0 bridgehead atoms. The van der Waals surface area contributed by atoms with Crippen molar-refractivity contribution < 1.29 is 18.8 Å². The molecule has 10 heteroatoms. The van der Waals surface area contributed by atoms with Gasteiger partial charge in [0.15, 0.2) is 5.82 Å². The van der Waals surface area contributed by atoms with Crippen LogP contribution in [0.5, 0.6) is 17.8 Å². The highest BCUT2D eigenvalue weighted by molar-refractivity contribution is 6.28. The van der Waals surface area contributed by atoms with E-state index in [-0.39, 0.29) is 17.9 Å². The van der Waals surface area contributed by atoms with E-state index < -0.39 is 28.2 Å². The maximum atomic E-state index is 13.7. The van der Waals surface area contributed by atoms with E-state index in [4.69, 9.17) is 21.1 Å². The van der Waals surface area contributed by atoms with Gasteiger partial charge in [-0.25, -0.2) is 4.39 Å². The van der Waals surface area contributed by atoms with Crippen LogP contribution in [0.15, 0.2) is 18.2 Å². The summed E-state index contributed by atoms with van der Waals surface area (Å²) < 4.78 is 23.7. The Morgan fingerprint density at radius 2 is 2.05 bits per heavy atom. The summed E-state index contributed by atoms with van der Waals surface area (Å²) >= 11 is 5.64. The molecular weight excluding hydrogens is 307 g/mol. The molecule has 8 nitrogen and oxygen atoms in total. The van der Waals surface area contributed by atoms with Crippen molar-refractivity contribution in [2.75, 3.05) is 6.61 Å². The van der Waals surface area contributed by atoms with Gasteiger partial charge in [0.1, 0.15) is 0 Å². The van der Waals surface area contributed by atoms with Crippen molar-refractivity contribution in [2.45, 2.75) is 6.92 Å². The number of aromatic nitrogens is 3. The summed E-state index contributed by atoms with van der Waals surface area (Å²) in [5.41, 5.74) is -0.565. The molecule has 0 saturated carbocycles. The highest BCUT2D eigenvalue weighted by Crippen LogP contribution is 2.33. The molecule has 0 N–H and O–H groups in total. The third-order valence-electron chi connectivity index (χ3n) is 2.18. The summed E-state index contributed by atoms with van der Waals surface area (Å²) in [5, 5.41) is 10.6. The van der Waals surface area contributed by atoms with E-state index in [0.29, 0.717) is 0 Å². The molecule has 0 atom stereocenters. The highest BCUT2D eigenvalue weighted by Gasteiger charge is 2.22. The number of nitro groups is 1. The van der Waals surface area contributed by atoms with E-state index in [9.17, 15) is 14.5 Å². The average Bonchev–Trinajstić information content (AvgIpc) is 2.40. The van der Waals surface area contributed by atoms with E-state index in [1.54, 1.807) is 6.92 Å². The Labute approximate surface area is 122 Å². The van der Waals surface area contributed by atoms with Crippen molar-refractivity contribution in [3.05, 3.63) is 39.4 Å². The zero-order chi connectivity index (χ0) is 15.4. The molecule has 0 fully saturated rings. The fraction of sp³-hybridized carbons (Fsp3) is 0.182. The van der Waals surface area contributed by atoms with Crippen molar-refractivity contribution in [2.24, 2.45) is 0 Å². The number of nitro benzene ring substituents is 1. The molecule has 0 aliphatic rings. The Morgan fingerprint density at radius 1 is 1.33 bits per heavy atom. The SMILES string of the molecule is CCOc1nc(Cl)nc(Oc2c(F)cccc2[N+](=O)[O-])n1. The molecule has 110 valence electrons. The van der Waals surface area contributed by atoms with Crippen LogP contribution in [0.3, 0.4) is 0 Å². The van der Waals surface area contributed by atoms with Crippen LogP contribution in [-0.4, -0.2) is 26.5 Å². The van der Waals surface area contributed by atoms with Crippen molar-refractivity contribution in [1.29, 1.82) is 0 Å². The lowest BCUT2D eigenvalue weighted by atomic mass is 10.3. The first-order valence-electron chi connectivity index (χ1n) is 5.66. The first kappa shape index (κ1) is 14.9. The third kappa shape index (κ3) is 3.51. The second-order valence-electron chi connectivity index (χ2n) is 3.55. The van der Waals surface area contributed by atoms with Gasteiger partial charge in [0.05, 0.1) is 11.5 Å². The second kappa shape index (κ2) is 6.27. The second-order valence-corrected chi connectivity index (χ2v) is 3.89. The molecule has 0 radical (unpaired) electrons. The maximum absolute atomic E-state index is 13.7. The predicted octanol–water partition coefficient (Wildman–Crippen LogP) is 2.76. The van der Waals surface area contributed by atoms with E-state index >= 15 is 0 Å². The lowest BCUT2D eigenvalue weighted by Gasteiger charge is -2.07. The van der Waals surface area contributed by atoms with E-state index in [1.807, 2.05) is 0 Å². The fourth-order valence-electron chi connectivity index (χ4n) is 1.39. The van der Waals surface area contributed by atoms with Crippen molar-refractivity contribution >= 4 is 17.3 Å². The molecule has 1 aromatic carbocycles. The summed E-state index contributed by atoms with van der Waals surface area (Å²) in [6.07, 6.45) is 0. The van der Waals surface area contributed by atoms with E-state index in [0.717, 1.165) is 12.1 Å². The van der Waals surface area contributed by atoms with Gasteiger partial charge in [-0.2, -0.15) is 9.97 Å². The van der Waals surface area contributed by atoms with Gasteiger partial charge in [-0.3, -0.25) is 10.1 Å². The number of hydrogen-bond acceptors (Lipinski definition) is 7. The molecule has 0 aliphatic heterocycles. The fourth-order valence-corrected chi connectivity index (χ4v) is 1.53. The van der Waals surface area contributed by atoms with Crippen LogP contribution in [0.2, 0.25) is 5.28 Å². The summed E-state index contributed by atoms with van der Waals surface area (Å²) in [5.74, 6) is -1.55. The lowest BCUT2D eigenvalue weighted by molar-refractivity contribution is -0.385. The third-order valence-corrected chi connectivity index (χ3v) is 2.35. The Kier molecular flexibility index (Phi) is 4.43. The van der Waals surface area contributed by atoms with Crippen LogP contribution in [0, 0.1) is 15.9 Å². The quantitative estimate of drug-likeness (QED) is 0.617. The summed E-state index contributed by atoms with van der Waals surface area (Å²) in [6, 6.07) is 2.74. The number of para-hydroxylation sites is 1. The van der Waals surface area contributed by atoms with Gasteiger partial charge in [-0.05, 0) is 24.6 Å². The maximum Gasteiger partial charge on any atom is 0.329 e. The topological polar surface area (TPSA) is 100 Å². The molecule has 1 heterocycles. The van der Waals surface area contributed by atoms with Crippen LogP contribution in [0.1, 0.15) is 6.92 Å².